The van der Waals surface area contributed by atoms with Gasteiger partial charge in [0.2, 0.25) is 11.8 Å². The lowest BCUT2D eigenvalue weighted by atomic mass is 10.1. The zero-order valence-electron chi connectivity index (χ0n) is 8.60. The summed E-state index contributed by atoms with van der Waals surface area (Å²) >= 11 is 4.91. The van der Waals surface area contributed by atoms with Crippen molar-refractivity contribution in [2.75, 3.05) is 0 Å². The summed E-state index contributed by atoms with van der Waals surface area (Å²) in [5.41, 5.74) is 5.57. The monoisotopic (exact) mass is 226 g/mol. The summed E-state index contributed by atoms with van der Waals surface area (Å²) < 4.78 is 0. The molecule has 0 aromatic carbocycles. The van der Waals surface area contributed by atoms with Crippen LogP contribution < -0.4 is 5.73 Å². The first kappa shape index (κ1) is 10.5. The summed E-state index contributed by atoms with van der Waals surface area (Å²) in [5.74, 6) is -0.273. The zero-order valence-corrected chi connectivity index (χ0v) is 9.42. The first-order chi connectivity index (χ1) is 7.07. The maximum atomic E-state index is 11.8. The van der Waals surface area contributed by atoms with Gasteiger partial charge in [-0.1, -0.05) is 25.6 Å². The third-order valence-corrected chi connectivity index (χ3v) is 3.37. The number of carbonyl (C=O) groups is 2. The molecule has 1 saturated carbocycles. The third-order valence-electron chi connectivity index (χ3n) is 3.10. The molecule has 0 radical (unpaired) electrons. The van der Waals surface area contributed by atoms with Gasteiger partial charge in [-0.05, 0) is 12.8 Å². The predicted octanol–water partition coefficient (Wildman–Crippen LogP) is 0.446. The quantitative estimate of drug-likeness (QED) is 0.558. The highest BCUT2D eigenvalue weighted by Crippen LogP contribution is 2.47. The number of amides is 2. The number of likely N-dealkylation sites (tertiary alicyclic amines) is 1. The van der Waals surface area contributed by atoms with Crippen molar-refractivity contribution in [2.24, 2.45) is 17.6 Å². The van der Waals surface area contributed by atoms with Gasteiger partial charge in [-0.3, -0.25) is 14.5 Å². The van der Waals surface area contributed by atoms with Crippen LogP contribution in [0.25, 0.3) is 0 Å². The standard InChI is InChI=1S/C10H14N2O2S/c1-2-3-7(8(11)15)12-9(13)5-4-6(5)10(12)14/h5-7H,2-4H2,1H3,(H2,11,15). The smallest absolute Gasteiger partial charge is 0.233 e. The average Bonchev–Trinajstić information content (AvgIpc) is 2.91. The van der Waals surface area contributed by atoms with Gasteiger partial charge >= 0.3 is 0 Å². The summed E-state index contributed by atoms with van der Waals surface area (Å²) in [7, 11) is 0. The summed E-state index contributed by atoms with van der Waals surface area (Å²) in [6, 6.07) is -0.363. The number of imide groups is 1. The van der Waals surface area contributed by atoms with Crippen molar-refractivity contribution in [3.05, 3.63) is 0 Å². The van der Waals surface area contributed by atoms with E-state index in [9.17, 15) is 9.59 Å². The molecule has 2 amide bonds. The second-order valence-corrected chi connectivity index (χ2v) is 4.67. The summed E-state index contributed by atoms with van der Waals surface area (Å²) in [6.07, 6.45) is 2.25. The van der Waals surface area contributed by atoms with E-state index in [2.05, 4.69) is 0 Å². The number of nitrogens with two attached hydrogens (primary N) is 1. The van der Waals surface area contributed by atoms with Gasteiger partial charge in [0.15, 0.2) is 0 Å². The molecule has 1 aliphatic heterocycles. The van der Waals surface area contributed by atoms with Gasteiger partial charge in [0, 0.05) is 0 Å². The van der Waals surface area contributed by atoms with E-state index in [1.165, 1.54) is 4.90 Å². The molecule has 82 valence electrons. The molecule has 3 atom stereocenters. The Hall–Kier alpha value is -0.970. The van der Waals surface area contributed by atoms with E-state index in [1.54, 1.807) is 0 Å². The van der Waals surface area contributed by atoms with Gasteiger partial charge in [0.1, 0.15) is 0 Å². The van der Waals surface area contributed by atoms with Crippen LogP contribution in [0.15, 0.2) is 0 Å². The molecular weight excluding hydrogens is 212 g/mol. The minimum Gasteiger partial charge on any atom is -0.392 e. The maximum absolute atomic E-state index is 11.8. The number of thiocarbonyl (C=S) groups is 1. The molecule has 15 heavy (non-hydrogen) atoms. The fourth-order valence-electron chi connectivity index (χ4n) is 2.19. The summed E-state index contributed by atoms with van der Waals surface area (Å²) in [5, 5.41) is 0. The molecule has 2 N–H and O–H groups in total. The molecule has 2 aliphatic rings. The molecule has 5 heteroatoms. The molecule has 0 aromatic heterocycles. The molecule has 4 nitrogen and oxygen atoms in total. The number of piperidine rings is 1. The highest BCUT2D eigenvalue weighted by atomic mass is 32.1. The van der Waals surface area contributed by atoms with Gasteiger partial charge in [0.25, 0.3) is 0 Å². The molecular formula is C10H14N2O2S. The van der Waals surface area contributed by atoms with Gasteiger partial charge in [0.05, 0.1) is 22.9 Å². The van der Waals surface area contributed by atoms with Gasteiger partial charge < -0.3 is 5.73 Å². The first-order valence-electron chi connectivity index (χ1n) is 5.24. The Kier molecular flexibility index (Phi) is 2.50. The number of fused-ring (bicyclic) bond motifs is 1. The van der Waals surface area contributed by atoms with E-state index in [4.69, 9.17) is 18.0 Å². The second-order valence-electron chi connectivity index (χ2n) is 4.20. The Morgan fingerprint density at radius 3 is 2.47 bits per heavy atom. The maximum Gasteiger partial charge on any atom is 0.233 e. The normalized spacial score (nSPS) is 30.3. The number of nitrogens with zero attached hydrogens (tertiary/aromatic N) is 1. The Labute approximate surface area is 93.8 Å². The lowest BCUT2D eigenvalue weighted by Crippen LogP contribution is -2.48. The second kappa shape index (κ2) is 3.56. The molecule has 0 bridgehead atoms. The van der Waals surface area contributed by atoms with Crippen LogP contribution in [0, 0.1) is 11.8 Å². The Balaban J connectivity index is 2.17. The molecule has 1 heterocycles. The lowest BCUT2D eigenvalue weighted by Gasteiger charge is -2.26. The van der Waals surface area contributed by atoms with Crippen LogP contribution in [0.5, 0.6) is 0 Å². The van der Waals surface area contributed by atoms with E-state index in [1.807, 2.05) is 6.92 Å². The van der Waals surface area contributed by atoms with E-state index >= 15 is 0 Å². The van der Waals surface area contributed by atoms with Crippen molar-refractivity contribution in [3.63, 3.8) is 0 Å². The van der Waals surface area contributed by atoms with Crippen LogP contribution in [0.3, 0.4) is 0 Å². The molecule has 1 aliphatic carbocycles. The van der Waals surface area contributed by atoms with Crippen LogP contribution in [0.2, 0.25) is 0 Å². The van der Waals surface area contributed by atoms with Crippen LogP contribution in [0.4, 0.5) is 0 Å². The Bertz CT molecular complexity index is 322. The fourth-order valence-corrected chi connectivity index (χ4v) is 2.41. The molecule has 3 unspecified atom stereocenters. The van der Waals surface area contributed by atoms with Crippen molar-refractivity contribution in [1.82, 2.24) is 4.90 Å². The van der Waals surface area contributed by atoms with Crippen LogP contribution in [-0.2, 0) is 9.59 Å². The van der Waals surface area contributed by atoms with Crippen molar-refractivity contribution in [1.29, 1.82) is 0 Å². The van der Waals surface area contributed by atoms with E-state index in [0.717, 1.165) is 12.8 Å². The molecule has 1 saturated heterocycles. The van der Waals surface area contributed by atoms with Gasteiger partial charge in [-0.15, -0.1) is 0 Å². The minimum absolute atomic E-state index is 0.0637. The topological polar surface area (TPSA) is 63.4 Å². The highest BCUT2D eigenvalue weighted by Gasteiger charge is 2.60. The molecule has 0 aromatic rings. The van der Waals surface area contributed by atoms with Gasteiger partial charge in [-0.25, -0.2) is 0 Å². The Morgan fingerprint density at radius 1 is 1.53 bits per heavy atom. The van der Waals surface area contributed by atoms with E-state index in [0.29, 0.717) is 6.42 Å². The number of hydrogen-bond donors (Lipinski definition) is 1. The first-order valence-corrected chi connectivity index (χ1v) is 5.65. The van der Waals surface area contributed by atoms with Crippen LogP contribution >= 0.6 is 12.2 Å². The Morgan fingerprint density at radius 2 is 2.07 bits per heavy atom. The number of hydrogen-bond acceptors (Lipinski definition) is 3. The highest BCUT2D eigenvalue weighted by molar-refractivity contribution is 7.80. The van der Waals surface area contributed by atoms with Crippen molar-refractivity contribution >= 4 is 29.0 Å². The van der Waals surface area contributed by atoms with Crippen LogP contribution in [-0.4, -0.2) is 27.7 Å². The number of carbonyl (C=O) groups excluding carboxylic acids is 2. The summed E-state index contributed by atoms with van der Waals surface area (Å²) in [6.45, 7) is 1.98. The minimum atomic E-state index is -0.363. The molecule has 2 rings (SSSR count). The third kappa shape index (κ3) is 1.55. The largest absolute Gasteiger partial charge is 0.392 e. The van der Waals surface area contributed by atoms with Crippen molar-refractivity contribution in [2.45, 2.75) is 32.2 Å². The average molecular weight is 226 g/mol. The van der Waals surface area contributed by atoms with Crippen LogP contribution in [0.1, 0.15) is 26.2 Å². The van der Waals surface area contributed by atoms with Gasteiger partial charge in [-0.2, -0.15) is 0 Å². The zero-order chi connectivity index (χ0) is 11.2. The van der Waals surface area contributed by atoms with Crippen molar-refractivity contribution < 1.29 is 9.59 Å². The molecule has 2 fully saturated rings. The fraction of sp³-hybridized carbons (Fsp3) is 0.700. The number of rotatable bonds is 4. The van der Waals surface area contributed by atoms with Crippen molar-refractivity contribution in [3.8, 4) is 0 Å². The summed E-state index contributed by atoms with van der Waals surface area (Å²) in [4.78, 5) is 25.1. The lowest BCUT2D eigenvalue weighted by molar-refractivity contribution is -0.142. The van der Waals surface area contributed by atoms with E-state index in [-0.39, 0.29) is 34.7 Å². The van der Waals surface area contributed by atoms with E-state index < -0.39 is 0 Å². The SMILES string of the molecule is CCCC(C(N)=S)N1C(=O)C2CC2C1=O. The molecule has 0 spiro atoms. The predicted molar refractivity (Wildman–Crippen MR) is 58.9 cm³/mol.